The van der Waals surface area contributed by atoms with Gasteiger partial charge in [0.1, 0.15) is 36.3 Å². The molecule has 25 heavy (non-hydrogen) atoms. The summed E-state index contributed by atoms with van der Waals surface area (Å²) in [6, 6.07) is 10.2. The molecule has 0 spiro atoms. The number of ether oxygens (including phenoxy) is 2. The van der Waals surface area contributed by atoms with Crippen LogP contribution in [0.15, 0.2) is 30.3 Å². The highest BCUT2D eigenvalue weighted by molar-refractivity contribution is 5.78. The number of quaternary nitrogens is 1. The fourth-order valence-electron chi connectivity index (χ4n) is 4.87. The highest BCUT2D eigenvalue weighted by Crippen LogP contribution is 2.52. The van der Waals surface area contributed by atoms with E-state index in [1.165, 1.54) is 0 Å². The van der Waals surface area contributed by atoms with Crippen LogP contribution in [0, 0.1) is 0 Å². The fourth-order valence-corrected chi connectivity index (χ4v) is 4.87. The van der Waals surface area contributed by atoms with Gasteiger partial charge in [0.15, 0.2) is 0 Å². The SMILES string of the molecule is CC[N+]1(C)C2CC(OC(=O)C(CO)c3ccccc3)CC1C1OC12.[Br-]. The van der Waals surface area contributed by atoms with Crippen molar-refractivity contribution in [3.63, 3.8) is 0 Å². The number of rotatable bonds is 5. The zero-order valence-corrected chi connectivity index (χ0v) is 16.3. The number of aliphatic hydroxyl groups excluding tert-OH is 1. The van der Waals surface area contributed by atoms with E-state index >= 15 is 0 Å². The molecule has 0 aliphatic carbocycles. The van der Waals surface area contributed by atoms with E-state index in [1.54, 1.807) is 0 Å². The topological polar surface area (TPSA) is 59.1 Å². The van der Waals surface area contributed by atoms with E-state index in [0.29, 0.717) is 24.3 Å². The minimum absolute atomic E-state index is 0. The number of likely N-dealkylation sites (N-methyl/N-ethyl adjacent to an activating group) is 1. The Kier molecular flexibility index (Phi) is 5.26. The first-order valence-electron chi connectivity index (χ1n) is 8.95. The maximum absolute atomic E-state index is 12.6. The minimum atomic E-state index is -0.594. The number of carbonyl (C=O) groups excluding carboxylic acids is 1. The number of nitrogens with zero attached hydrogens (tertiary/aromatic N) is 1. The third kappa shape index (κ3) is 3.03. The molecule has 1 aromatic carbocycles. The molecule has 5 unspecified atom stereocenters. The molecule has 5 nitrogen and oxygen atoms in total. The van der Waals surface area contributed by atoms with Crippen LogP contribution in [0.2, 0.25) is 0 Å². The van der Waals surface area contributed by atoms with Crippen molar-refractivity contribution in [3.05, 3.63) is 35.9 Å². The third-order valence-electron chi connectivity index (χ3n) is 6.48. The molecule has 138 valence electrons. The molecule has 3 fully saturated rings. The van der Waals surface area contributed by atoms with Crippen LogP contribution < -0.4 is 17.0 Å². The summed E-state index contributed by atoms with van der Waals surface area (Å²) in [6.45, 7) is 3.10. The second-order valence-electron chi connectivity index (χ2n) is 7.54. The van der Waals surface area contributed by atoms with Crippen molar-refractivity contribution >= 4 is 5.97 Å². The molecule has 3 saturated heterocycles. The van der Waals surface area contributed by atoms with Gasteiger partial charge in [-0.05, 0) is 12.5 Å². The summed E-state index contributed by atoms with van der Waals surface area (Å²) in [4.78, 5) is 12.6. The number of carbonyl (C=O) groups is 1. The van der Waals surface area contributed by atoms with Crippen molar-refractivity contribution in [1.82, 2.24) is 0 Å². The number of hydrogen-bond acceptors (Lipinski definition) is 4. The number of piperidine rings is 1. The van der Waals surface area contributed by atoms with Crippen LogP contribution in [0.1, 0.15) is 31.2 Å². The van der Waals surface area contributed by atoms with Gasteiger partial charge in [-0.1, -0.05) is 30.3 Å². The Labute approximate surface area is 159 Å². The predicted octanol–water partition coefficient (Wildman–Crippen LogP) is -1.54. The van der Waals surface area contributed by atoms with Crippen LogP contribution in [0.25, 0.3) is 0 Å². The van der Waals surface area contributed by atoms with Crippen LogP contribution in [-0.4, -0.2) is 66.2 Å². The van der Waals surface area contributed by atoms with E-state index in [-0.39, 0.29) is 35.7 Å². The molecule has 6 heteroatoms. The van der Waals surface area contributed by atoms with Crippen LogP contribution in [-0.2, 0) is 14.3 Å². The highest BCUT2D eigenvalue weighted by atomic mass is 79.9. The number of epoxide rings is 1. The Bertz CT molecular complexity index is 607. The Morgan fingerprint density at radius 3 is 2.40 bits per heavy atom. The summed E-state index contributed by atoms with van der Waals surface area (Å²) in [7, 11) is 2.31. The van der Waals surface area contributed by atoms with Crippen molar-refractivity contribution in [2.24, 2.45) is 0 Å². The number of hydrogen-bond donors (Lipinski definition) is 1. The lowest BCUT2D eigenvalue weighted by molar-refractivity contribution is -0.954. The summed E-state index contributed by atoms with van der Waals surface area (Å²) >= 11 is 0. The molecule has 0 radical (unpaired) electrons. The molecule has 0 saturated carbocycles. The number of benzene rings is 1. The van der Waals surface area contributed by atoms with Crippen LogP contribution >= 0.6 is 0 Å². The number of aliphatic hydroxyl groups is 1. The summed E-state index contributed by atoms with van der Waals surface area (Å²) in [5.74, 6) is -0.904. The van der Waals surface area contributed by atoms with E-state index in [2.05, 4.69) is 14.0 Å². The average molecular weight is 412 g/mol. The van der Waals surface area contributed by atoms with Crippen LogP contribution in [0.4, 0.5) is 0 Å². The van der Waals surface area contributed by atoms with Gasteiger partial charge in [0.05, 0.1) is 20.2 Å². The molecule has 0 aromatic heterocycles. The van der Waals surface area contributed by atoms with Crippen molar-refractivity contribution in [3.8, 4) is 0 Å². The quantitative estimate of drug-likeness (QED) is 0.362. The van der Waals surface area contributed by atoms with Gasteiger partial charge in [0, 0.05) is 12.8 Å². The Balaban J connectivity index is 0.00000182. The highest BCUT2D eigenvalue weighted by Gasteiger charge is 2.71. The number of halogens is 1. The first-order chi connectivity index (χ1) is 11.6. The molecular formula is C19H26BrNO4. The molecule has 2 bridgehead atoms. The first-order valence-corrected chi connectivity index (χ1v) is 8.95. The van der Waals surface area contributed by atoms with Gasteiger partial charge in [-0.25, -0.2) is 0 Å². The molecule has 1 aromatic rings. The number of morpholine rings is 1. The summed E-state index contributed by atoms with van der Waals surface area (Å²) in [5.41, 5.74) is 0.809. The average Bonchev–Trinajstić information content (AvgIpc) is 3.35. The molecular weight excluding hydrogens is 386 g/mol. The maximum Gasteiger partial charge on any atom is 0.316 e. The molecule has 0 amide bonds. The molecule has 4 rings (SSSR count). The smallest absolute Gasteiger partial charge is 0.316 e. The lowest BCUT2D eigenvalue weighted by Gasteiger charge is -2.47. The van der Waals surface area contributed by atoms with Gasteiger partial charge >= 0.3 is 5.97 Å². The standard InChI is InChI=1S/C19H26NO4.BrH/c1-3-20(2)15-9-13(10-16(20)18-17(15)24-18)23-19(22)14(11-21)12-7-5-4-6-8-12;/h4-8,13-18,21H,3,9-11H2,1-2H3;1H/q+1;/p-1. The molecule has 5 atom stereocenters. The number of esters is 1. The zero-order valence-electron chi connectivity index (χ0n) is 14.7. The fraction of sp³-hybridized carbons (Fsp3) is 0.632. The van der Waals surface area contributed by atoms with Gasteiger partial charge < -0.3 is 36.0 Å². The minimum Gasteiger partial charge on any atom is -1.00 e. The Morgan fingerprint density at radius 2 is 1.88 bits per heavy atom. The zero-order chi connectivity index (χ0) is 16.9. The van der Waals surface area contributed by atoms with Gasteiger partial charge in [-0.3, -0.25) is 4.79 Å². The molecule has 1 N–H and O–H groups in total. The van der Waals surface area contributed by atoms with E-state index in [9.17, 15) is 9.90 Å². The third-order valence-corrected chi connectivity index (χ3v) is 6.48. The van der Waals surface area contributed by atoms with Crippen molar-refractivity contribution in [1.29, 1.82) is 0 Å². The largest absolute Gasteiger partial charge is 1.00 e. The normalized spacial score (nSPS) is 39.1. The Hall–Kier alpha value is -0.950. The lowest BCUT2D eigenvalue weighted by atomic mass is 9.95. The second-order valence-corrected chi connectivity index (χ2v) is 7.54. The Morgan fingerprint density at radius 1 is 1.28 bits per heavy atom. The van der Waals surface area contributed by atoms with E-state index in [1.807, 2.05) is 30.3 Å². The van der Waals surface area contributed by atoms with Gasteiger partial charge in [-0.15, -0.1) is 0 Å². The van der Waals surface area contributed by atoms with Gasteiger partial charge in [0.2, 0.25) is 0 Å². The molecule has 3 aliphatic heterocycles. The second kappa shape index (κ2) is 6.99. The summed E-state index contributed by atoms with van der Waals surface area (Å²) < 4.78 is 12.7. The predicted molar refractivity (Wildman–Crippen MR) is 88.3 cm³/mol. The van der Waals surface area contributed by atoms with Crippen LogP contribution in [0.3, 0.4) is 0 Å². The van der Waals surface area contributed by atoms with Crippen molar-refractivity contribution in [2.75, 3.05) is 20.2 Å². The van der Waals surface area contributed by atoms with Crippen molar-refractivity contribution < 1.29 is 40.8 Å². The van der Waals surface area contributed by atoms with E-state index in [4.69, 9.17) is 9.47 Å². The first kappa shape index (κ1) is 18.8. The lowest BCUT2D eigenvalue weighted by Crippen LogP contribution is -3.00. The van der Waals surface area contributed by atoms with E-state index in [0.717, 1.165) is 29.4 Å². The molecule has 3 aliphatic rings. The van der Waals surface area contributed by atoms with E-state index < -0.39 is 5.92 Å². The number of fused-ring (bicyclic) bond motifs is 5. The van der Waals surface area contributed by atoms with Crippen molar-refractivity contribution in [2.45, 2.75) is 56.1 Å². The summed E-state index contributed by atoms with van der Waals surface area (Å²) in [5, 5.41) is 9.64. The summed E-state index contributed by atoms with van der Waals surface area (Å²) in [6.07, 6.45) is 2.37. The monoisotopic (exact) mass is 411 g/mol. The van der Waals surface area contributed by atoms with Gasteiger partial charge in [0.25, 0.3) is 0 Å². The molecule has 3 heterocycles. The van der Waals surface area contributed by atoms with Gasteiger partial charge in [-0.2, -0.15) is 0 Å². The maximum atomic E-state index is 12.6. The van der Waals surface area contributed by atoms with Crippen LogP contribution in [0.5, 0.6) is 0 Å².